The van der Waals surface area contributed by atoms with Crippen LogP contribution in [0.1, 0.15) is 67.2 Å². The zero-order valence-corrected chi connectivity index (χ0v) is 14.1. The number of nitrogens with one attached hydrogen (secondary N) is 1. The summed E-state index contributed by atoms with van der Waals surface area (Å²) >= 11 is 0. The van der Waals surface area contributed by atoms with Crippen molar-refractivity contribution >= 4 is 0 Å². The molecular formula is C17H36N2. The molecule has 1 aliphatic heterocycles. The maximum atomic E-state index is 3.58. The molecule has 1 aliphatic rings. The fraction of sp³-hybridized carbons (Fsp3) is 1.00. The van der Waals surface area contributed by atoms with E-state index in [9.17, 15) is 0 Å². The monoisotopic (exact) mass is 268 g/mol. The average Bonchev–Trinajstić information content (AvgIpc) is 2.44. The SMILES string of the molecule is CCC1(CC)CCN(C(C)C(C)CNC(C)C)CC1. The van der Waals surface area contributed by atoms with Gasteiger partial charge in [-0.25, -0.2) is 0 Å². The highest BCUT2D eigenvalue weighted by atomic mass is 15.2. The fourth-order valence-corrected chi connectivity index (χ4v) is 3.31. The Bertz CT molecular complexity index is 236. The maximum Gasteiger partial charge on any atom is 0.0105 e. The number of nitrogens with zero attached hydrogens (tertiary/aromatic N) is 1. The Kier molecular flexibility index (Phi) is 6.82. The molecule has 0 bridgehead atoms. The molecule has 1 saturated heterocycles. The second kappa shape index (κ2) is 7.64. The molecule has 0 spiro atoms. The van der Waals surface area contributed by atoms with E-state index in [-0.39, 0.29) is 0 Å². The number of rotatable bonds is 7. The molecule has 2 nitrogen and oxygen atoms in total. The topological polar surface area (TPSA) is 15.3 Å². The van der Waals surface area contributed by atoms with Crippen LogP contribution in [0.3, 0.4) is 0 Å². The minimum atomic E-state index is 0.601. The minimum Gasteiger partial charge on any atom is -0.314 e. The van der Waals surface area contributed by atoms with Gasteiger partial charge in [0.15, 0.2) is 0 Å². The fourth-order valence-electron chi connectivity index (χ4n) is 3.31. The lowest BCUT2D eigenvalue weighted by Gasteiger charge is -2.44. The van der Waals surface area contributed by atoms with E-state index in [4.69, 9.17) is 0 Å². The number of likely N-dealkylation sites (tertiary alicyclic amines) is 1. The van der Waals surface area contributed by atoms with E-state index in [1.165, 1.54) is 38.8 Å². The summed E-state index contributed by atoms with van der Waals surface area (Å²) in [5, 5.41) is 3.58. The molecule has 2 unspecified atom stereocenters. The summed E-state index contributed by atoms with van der Waals surface area (Å²) in [5.41, 5.74) is 0.648. The van der Waals surface area contributed by atoms with Crippen LogP contribution in [0.2, 0.25) is 0 Å². The molecular weight excluding hydrogens is 232 g/mol. The van der Waals surface area contributed by atoms with Gasteiger partial charge in [0.05, 0.1) is 0 Å². The first kappa shape index (κ1) is 17.0. The second-order valence-electron chi connectivity index (χ2n) is 7.02. The first-order valence-corrected chi connectivity index (χ1v) is 8.41. The van der Waals surface area contributed by atoms with Crippen molar-refractivity contribution in [1.82, 2.24) is 10.2 Å². The highest BCUT2D eigenvalue weighted by molar-refractivity contribution is 4.87. The molecule has 0 aromatic carbocycles. The summed E-state index contributed by atoms with van der Waals surface area (Å²) in [6.07, 6.45) is 5.51. The van der Waals surface area contributed by atoms with Crippen molar-refractivity contribution < 1.29 is 0 Å². The van der Waals surface area contributed by atoms with Crippen molar-refractivity contribution in [1.29, 1.82) is 0 Å². The molecule has 2 heteroatoms. The lowest BCUT2D eigenvalue weighted by molar-refractivity contribution is 0.0540. The Balaban J connectivity index is 2.41. The standard InChI is InChI=1S/C17H36N2/c1-7-17(8-2)9-11-19(12-10-17)16(6)15(5)13-18-14(3)4/h14-16,18H,7-13H2,1-6H3. The zero-order chi connectivity index (χ0) is 14.5. The number of hydrogen-bond acceptors (Lipinski definition) is 2. The van der Waals surface area contributed by atoms with E-state index in [0.29, 0.717) is 17.5 Å². The van der Waals surface area contributed by atoms with Crippen molar-refractivity contribution in [2.75, 3.05) is 19.6 Å². The Morgan fingerprint density at radius 2 is 1.53 bits per heavy atom. The van der Waals surface area contributed by atoms with Crippen molar-refractivity contribution in [2.45, 2.75) is 79.3 Å². The maximum absolute atomic E-state index is 3.58. The molecule has 0 amide bonds. The van der Waals surface area contributed by atoms with E-state index in [1.807, 2.05) is 0 Å². The third kappa shape index (κ3) is 4.75. The molecule has 0 aromatic heterocycles. The van der Waals surface area contributed by atoms with Crippen LogP contribution >= 0.6 is 0 Å². The molecule has 0 saturated carbocycles. The van der Waals surface area contributed by atoms with Gasteiger partial charge in [-0.05, 0) is 50.7 Å². The van der Waals surface area contributed by atoms with Gasteiger partial charge in [-0.15, -0.1) is 0 Å². The summed E-state index contributed by atoms with van der Waals surface area (Å²) in [4.78, 5) is 2.72. The van der Waals surface area contributed by atoms with Gasteiger partial charge >= 0.3 is 0 Å². The minimum absolute atomic E-state index is 0.601. The lowest BCUT2D eigenvalue weighted by atomic mass is 9.74. The Morgan fingerprint density at radius 3 is 1.95 bits per heavy atom. The van der Waals surface area contributed by atoms with Crippen LogP contribution in [0.5, 0.6) is 0 Å². The normalized spacial score (nSPS) is 23.5. The summed E-state index contributed by atoms with van der Waals surface area (Å²) in [7, 11) is 0. The van der Waals surface area contributed by atoms with E-state index < -0.39 is 0 Å². The lowest BCUT2D eigenvalue weighted by Crippen LogP contribution is -2.48. The molecule has 2 atom stereocenters. The van der Waals surface area contributed by atoms with Crippen molar-refractivity contribution in [3.8, 4) is 0 Å². The molecule has 0 aromatic rings. The van der Waals surface area contributed by atoms with E-state index in [0.717, 1.165) is 12.5 Å². The summed E-state index contributed by atoms with van der Waals surface area (Å²) < 4.78 is 0. The molecule has 19 heavy (non-hydrogen) atoms. The van der Waals surface area contributed by atoms with E-state index in [1.54, 1.807) is 0 Å². The predicted molar refractivity (Wildman–Crippen MR) is 85.6 cm³/mol. The first-order valence-electron chi connectivity index (χ1n) is 8.41. The largest absolute Gasteiger partial charge is 0.314 e. The van der Waals surface area contributed by atoms with Crippen LogP contribution < -0.4 is 5.32 Å². The smallest absolute Gasteiger partial charge is 0.0105 e. The quantitative estimate of drug-likeness (QED) is 0.753. The van der Waals surface area contributed by atoms with Gasteiger partial charge in [0, 0.05) is 12.1 Å². The third-order valence-corrected chi connectivity index (χ3v) is 5.61. The molecule has 1 heterocycles. The summed E-state index contributed by atoms with van der Waals surface area (Å²) in [6.45, 7) is 17.8. The van der Waals surface area contributed by atoms with Crippen LogP contribution in [0.15, 0.2) is 0 Å². The van der Waals surface area contributed by atoms with Gasteiger partial charge in [0.25, 0.3) is 0 Å². The highest BCUT2D eigenvalue weighted by Gasteiger charge is 2.33. The summed E-state index contributed by atoms with van der Waals surface area (Å²) in [6, 6.07) is 1.31. The molecule has 0 aliphatic carbocycles. The van der Waals surface area contributed by atoms with Crippen LogP contribution in [-0.4, -0.2) is 36.6 Å². The number of hydrogen-bond donors (Lipinski definition) is 1. The van der Waals surface area contributed by atoms with Crippen molar-refractivity contribution in [3.63, 3.8) is 0 Å². The Morgan fingerprint density at radius 1 is 1.00 bits per heavy atom. The van der Waals surface area contributed by atoms with E-state index in [2.05, 4.69) is 51.8 Å². The molecule has 0 radical (unpaired) electrons. The van der Waals surface area contributed by atoms with Gasteiger partial charge < -0.3 is 10.2 Å². The van der Waals surface area contributed by atoms with Crippen LogP contribution in [0.25, 0.3) is 0 Å². The van der Waals surface area contributed by atoms with Gasteiger partial charge in [-0.1, -0.05) is 47.5 Å². The Labute approximate surface area is 121 Å². The highest BCUT2D eigenvalue weighted by Crippen LogP contribution is 2.38. The van der Waals surface area contributed by atoms with Crippen LogP contribution in [-0.2, 0) is 0 Å². The van der Waals surface area contributed by atoms with Gasteiger partial charge in [0.1, 0.15) is 0 Å². The predicted octanol–water partition coefficient (Wildman–Crippen LogP) is 3.91. The van der Waals surface area contributed by atoms with Crippen LogP contribution in [0, 0.1) is 11.3 Å². The zero-order valence-electron chi connectivity index (χ0n) is 14.1. The Hall–Kier alpha value is -0.0800. The molecule has 1 rings (SSSR count). The van der Waals surface area contributed by atoms with Gasteiger partial charge in [-0.2, -0.15) is 0 Å². The summed E-state index contributed by atoms with van der Waals surface area (Å²) in [5.74, 6) is 0.734. The van der Waals surface area contributed by atoms with Crippen molar-refractivity contribution in [2.24, 2.45) is 11.3 Å². The van der Waals surface area contributed by atoms with E-state index >= 15 is 0 Å². The molecule has 114 valence electrons. The third-order valence-electron chi connectivity index (χ3n) is 5.61. The average molecular weight is 268 g/mol. The molecule has 1 fully saturated rings. The first-order chi connectivity index (χ1) is 8.94. The molecule has 1 N–H and O–H groups in total. The number of piperidine rings is 1. The van der Waals surface area contributed by atoms with Crippen LogP contribution in [0.4, 0.5) is 0 Å². The second-order valence-corrected chi connectivity index (χ2v) is 7.02. The van der Waals surface area contributed by atoms with Gasteiger partial charge in [-0.3, -0.25) is 0 Å². The van der Waals surface area contributed by atoms with Crippen molar-refractivity contribution in [3.05, 3.63) is 0 Å². The van der Waals surface area contributed by atoms with Gasteiger partial charge in [0.2, 0.25) is 0 Å².